The van der Waals surface area contributed by atoms with E-state index in [0.717, 1.165) is 11.1 Å². The van der Waals surface area contributed by atoms with Crippen molar-refractivity contribution in [1.82, 2.24) is 0 Å². The number of hydrogen-bond acceptors (Lipinski definition) is 5. The van der Waals surface area contributed by atoms with Gasteiger partial charge in [0.2, 0.25) is 5.91 Å². The summed E-state index contributed by atoms with van der Waals surface area (Å²) in [7, 11) is 0. The monoisotopic (exact) mass is 279 g/mol. The summed E-state index contributed by atoms with van der Waals surface area (Å²) in [5.74, 6) is -0.822. The maximum Gasteiger partial charge on any atom is 0.293 e. The minimum atomic E-state index is -0.507. The number of rotatable bonds is 3. The van der Waals surface area contributed by atoms with E-state index in [1.165, 1.54) is 6.07 Å². The Morgan fingerprint density at radius 2 is 2.05 bits per heavy atom. The van der Waals surface area contributed by atoms with E-state index in [1.54, 1.807) is 13.0 Å². The minimum Gasteiger partial charge on any atom is -0.379 e. The molecule has 0 aliphatic carbocycles. The Morgan fingerprint density at radius 1 is 1.40 bits per heavy atom. The summed E-state index contributed by atoms with van der Waals surface area (Å²) in [4.78, 5) is 22.7. The fraction of sp³-hybridized carbons (Fsp3) is 0.462. The molecule has 7 heteroatoms. The van der Waals surface area contributed by atoms with E-state index in [-0.39, 0.29) is 29.9 Å². The lowest BCUT2D eigenvalue weighted by Crippen LogP contribution is -2.37. The van der Waals surface area contributed by atoms with Crippen LogP contribution in [0.1, 0.15) is 11.1 Å². The van der Waals surface area contributed by atoms with Gasteiger partial charge in [-0.15, -0.1) is 0 Å². The fourth-order valence-corrected chi connectivity index (χ4v) is 2.12. The van der Waals surface area contributed by atoms with Crippen LogP contribution in [0.15, 0.2) is 12.1 Å². The zero-order valence-corrected chi connectivity index (χ0v) is 11.4. The molecule has 108 valence electrons. The van der Waals surface area contributed by atoms with Gasteiger partial charge in [-0.05, 0) is 31.0 Å². The molecule has 1 aromatic rings. The summed E-state index contributed by atoms with van der Waals surface area (Å²) in [6, 6.07) is 2.68. The van der Waals surface area contributed by atoms with Crippen LogP contribution in [0.2, 0.25) is 0 Å². The van der Waals surface area contributed by atoms with Crippen molar-refractivity contribution in [1.29, 1.82) is 0 Å². The summed E-state index contributed by atoms with van der Waals surface area (Å²) in [6.45, 7) is 4.19. The van der Waals surface area contributed by atoms with Gasteiger partial charge in [0.15, 0.2) is 0 Å². The normalized spacial score (nSPS) is 21.8. The Balaban J connectivity index is 2.26. The number of nitro groups is 1. The SMILES string of the molecule is Cc1cc(NC(=O)C2COCC2N)c([N+](=O)[O-])cc1C. The smallest absolute Gasteiger partial charge is 0.293 e. The lowest BCUT2D eigenvalue weighted by molar-refractivity contribution is -0.384. The second kappa shape index (κ2) is 5.56. The first-order valence-corrected chi connectivity index (χ1v) is 6.30. The number of nitrogens with zero attached hydrogens (tertiary/aromatic N) is 1. The number of nitrogens with two attached hydrogens (primary N) is 1. The van der Waals surface area contributed by atoms with Gasteiger partial charge in [-0.1, -0.05) is 0 Å². The van der Waals surface area contributed by atoms with E-state index < -0.39 is 10.8 Å². The van der Waals surface area contributed by atoms with E-state index in [4.69, 9.17) is 10.5 Å². The van der Waals surface area contributed by atoms with Crippen molar-refractivity contribution in [3.63, 3.8) is 0 Å². The van der Waals surface area contributed by atoms with Crippen LogP contribution in [0.25, 0.3) is 0 Å². The summed E-state index contributed by atoms with van der Waals surface area (Å²) in [6.07, 6.45) is 0. The van der Waals surface area contributed by atoms with Crippen LogP contribution in [0.3, 0.4) is 0 Å². The van der Waals surface area contributed by atoms with Crippen LogP contribution in [-0.2, 0) is 9.53 Å². The first-order chi connectivity index (χ1) is 9.40. The molecule has 2 atom stereocenters. The molecule has 2 rings (SSSR count). The van der Waals surface area contributed by atoms with E-state index in [9.17, 15) is 14.9 Å². The zero-order chi connectivity index (χ0) is 14.9. The van der Waals surface area contributed by atoms with E-state index in [1.807, 2.05) is 6.92 Å². The second-order valence-corrected chi connectivity index (χ2v) is 5.01. The number of carbonyl (C=O) groups is 1. The molecular formula is C13H17N3O4. The van der Waals surface area contributed by atoms with Crippen LogP contribution in [-0.4, -0.2) is 30.1 Å². The number of hydrogen-bond donors (Lipinski definition) is 2. The number of nitro benzene ring substituents is 1. The molecule has 7 nitrogen and oxygen atoms in total. The Kier molecular flexibility index (Phi) is 4.01. The lowest BCUT2D eigenvalue weighted by atomic mass is 10.0. The van der Waals surface area contributed by atoms with Crippen LogP contribution in [0.4, 0.5) is 11.4 Å². The minimum absolute atomic E-state index is 0.117. The van der Waals surface area contributed by atoms with Gasteiger partial charge in [0, 0.05) is 12.1 Å². The van der Waals surface area contributed by atoms with Crippen LogP contribution in [0, 0.1) is 29.9 Å². The average molecular weight is 279 g/mol. The fourth-order valence-electron chi connectivity index (χ4n) is 2.12. The number of amides is 1. The molecule has 1 saturated heterocycles. The first kappa shape index (κ1) is 14.4. The Bertz CT molecular complexity index is 559. The molecule has 1 aromatic carbocycles. The molecule has 1 aliphatic heterocycles. The number of nitrogens with one attached hydrogen (secondary N) is 1. The third kappa shape index (κ3) is 2.78. The van der Waals surface area contributed by atoms with Crippen molar-refractivity contribution in [2.75, 3.05) is 18.5 Å². The molecule has 1 fully saturated rings. The molecular weight excluding hydrogens is 262 g/mol. The topological polar surface area (TPSA) is 107 Å². The number of ether oxygens (including phenoxy) is 1. The predicted octanol–water partition coefficient (Wildman–Crippen LogP) is 1.12. The molecule has 3 N–H and O–H groups in total. The van der Waals surface area contributed by atoms with Crippen LogP contribution in [0.5, 0.6) is 0 Å². The van der Waals surface area contributed by atoms with Crippen LogP contribution < -0.4 is 11.1 Å². The van der Waals surface area contributed by atoms with Crippen molar-refractivity contribution in [2.24, 2.45) is 11.7 Å². The second-order valence-electron chi connectivity index (χ2n) is 5.01. The largest absolute Gasteiger partial charge is 0.379 e. The van der Waals surface area contributed by atoms with Crippen molar-refractivity contribution >= 4 is 17.3 Å². The van der Waals surface area contributed by atoms with Gasteiger partial charge in [0.1, 0.15) is 5.69 Å². The molecule has 0 saturated carbocycles. The summed E-state index contributed by atoms with van der Waals surface area (Å²) >= 11 is 0. The third-order valence-electron chi connectivity index (χ3n) is 3.53. The van der Waals surface area contributed by atoms with Gasteiger partial charge >= 0.3 is 0 Å². The molecule has 0 aromatic heterocycles. The van der Waals surface area contributed by atoms with Gasteiger partial charge in [-0.2, -0.15) is 0 Å². The quantitative estimate of drug-likeness (QED) is 0.637. The van der Waals surface area contributed by atoms with Crippen molar-refractivity contribution < 1.29 is 14.5 Å². The highest BCUT2D eigenvalue weighted by atomic mass is 16.6. The highest BCUT2D eigenvalue weighted by Gasteiger charge is 2.32. The Morgan fingerprint density at radius 3 is 2.60 bits per heavy atom. The number of anilines is 1. The van der Waals surface area contributed by atoms with E-state index in [0.29, 0.717) is 6.61 Å². The molecule has 20 heavy (non-hydrogen) atoms. The number of benzene rings is 1. The van der Waals surface area contributed by atoms with E-state index >= 15 is 0 Å². The highest BCUT2D eigenvalue weighted by molar-refractivity contribution is 5.95. The maximum atomic E-state index is 12.1. The summed E-state index contributed by atoms with van der Waals surface area (Å²) in [5, 5.41) is 13.6. The summed E-state index contributed by atoms with van der Waals surface area (Å²) < 4.78 is 5.13. The van der Waals surface area contributed by atoms with Gasteiger partial charge in [-0.25, -0.2) is 0 Å². The standard InChI is InChI=1S/C13H17N3O4/c1-7-3-11(12(16(18)19)4-8(7)2)15-13(17)9-5-20-6-10(9)14/h3-4,9-10H,5-6,14H2,1-2H3,(H,15,17). The molecule has 1 aliphatic rings. The number of aryl methyl sites for hydroxylation is 2. The molecule has 1 heterocycles. The van der Waals surface area contributed by atoms with Crippen molar-refractivity contribution in [2.45, 2.75) is 19.9 Å². The van der Waals surface area contributed by atoms with E-state index in [2.05, 4.69) is 5.32 Å². The van der Waals surface area contributed by atoms with Gasteiger partial charge in [-0.3, -0.25) is 14.9 Å². The predicted molar refractivity (Wildman–Crippen MR) is 73.5 cm³/mol. The lowest BCUT2D eigenvalue weighted by Gasteiger charge is -2.14. The van der Waals surface area contributed by atoms with Gasteiger partial charge in [0.05, 0.1) is 24.1 Å². The molecule has 0 bridgehead atoms. The van der Waals surface area contributed by atoms with Crippen LogP contribution >= 0.6 is 0 Å². The Labute approximate surface area is 116 Å². The first-order valence-electron chi connectivity index (χ1n) is 6.30. The summed E-state index contributed by atoms with van der Waals surface area (Å²) in [5.41, 5.74) is 7.52. The third-order valence-corrected chi connectivity index (χ3v) is 3.53. The molecule has 0 spiro atoms. The molecule has 1 amide bonds. The van der Waals surface area contributed by atoms with Gasteiger partial charge in [0.25, 0.3) is 5.69 Å². The Hall–Kier alpha value is -1.99. The van der Waals surface area contributed by atoms with Gasteiger partial charge < -0.3 is 15.8 Å². The maximum absolute atomic E-state index is 12.1. The van der Waals surface area contributed by atoms with Crippen molar-refractivity contribution in [3.8, 4) is 0 Å². The zero-order valence-electron chi connectivity index (χ0n) is 11.4. The molecule has 2 unspecified atom stereocenters. The number of carbonyl (C=O) groups excluding carboxylic acids is 1. The van der Waals surface area contributed by atoms with Crippen molar-refractivity contribution in [3.05, 3.63) is 33.4 Å². The average Bonchev–Trinajstić information content (AvgIpc) is 2.79. The highest BCUT2D eigenvalue weighted by Crippen LogP contribution is 2.28. The molecule has 0 radical (unpaired) electrons.